The lowest BCUT2D eigenvalue weighted by atomic mass is 10.0. The van der Waals surface area contributed by atoms with Gasteiger partial charge in [0.15, 0.2) is 0 Å². The zero-order valence-electron chi connectivity index (χ0n) is 14.8. The number of likely N-dealkylation sites (tertiary alicyclic amines) is 1. The van der Waals surface area contributed by atoms with E-state index >= 15 is 0 Å². The van der Waals surface area contributed by atoms with Crippen LogP contribution in [0.5, 0.6) is 0 Å². The highest BCUT2D eigenvalue weighted by atomic mass is 32.1. The van der Waals surface area contributed by atoms with Crippen molar-refractivity contribution in [2.45, 2.75) is 64.5 Å². The molecule has 1 N–H and O–H groups in total. The van der Waals surface area contributed by atoms with Gasteiger partial charge in [0, 0.05) is 30.4 Å². The molecule has 0 atom stereocenters. The van der Waals surface area contributed by atoms with Gasteiger partial charge >= 0.3 is 6.09 Å². The predicted molar refractivity (Wildman–Crippen MR) is 96.2 cm³/mol. The largest absolute Gasteiger partial charge is 0.444 e. The maximum absolute atomic E-state index is 12.3. The summed E-state index contributed by atoms with van der Waals surface area (Å²) in [4.78, 5) is 27.3. The minimum absolute atomic E-state index is 0.0926. The van der Waals surface area contributed by atoms with Gasteiger partial charge in [-0.25, -0.2) is 4.79 Å². The summed E-state index contributed by atoms with van der Waals surface area (Å²) in [7, 11) is 0. The third-order valence-corrected chi connectivity index (χ3v) is 4.90. The maximum atomic E-state index is 12.3. The first-order chi connectivity index (χ1) is 11.3. The molecule has 0 spiro atoms. The Balaban J connectivity index is 1.64. The van der Waals surface area contributed by atoms with E-state index in [4.69, 9.17) is 4.74 Å². The first kappa shape index (κ1) is 18.8. The quantitative estimate of drug-likeness (QED) is 0.881. The minimum Gasteiger partial charge on any atom is -0.444 e. The summed E-state index contributed by atoms with van der Waals surface area (Å²) in [6, 6.07) is 4.25. The topological polar surface area (TPSA) is 58.6 Å². The Labute approximate surface area is 148 Å². The fourth-order valence-electron chi connectivity index (χ4n) is 2.77. The number of ether oxygens (including phenoxy) is 1. The molecule has 1 aromatic heterocycles. The van der Waals surface area contributed by atoms with Crippen molar-refractivity contribution in [2.75, 3.05) is 13.1 Å². The number of nitrogens with one attached hydrogen (secondary N) is 1. The van der Waals surface area contributed by atoms with E-state index in [1.807, 2.05) is 31.7 Å². The van der Waals surface area contributed by atoms with E-state index in [1.54, 1.807) is 11.3 Å². The van der Waals surface area contributed by atoms with Crippen molar-refractivity contribution >= 4 is 23.3 Å². The van der Waals surface area contributed by atoms with Crippen LogP contribution in [0.3, 0.4) is 0 Å². The zero-order valence-corrected chi connectivity index (χ0v) is 15.7. The molecule has 6 heteroatoms. The number of hydrogen-bond acceptors (Lipinski definition) is 4. The highest BCUT2D eigenvalue weighted by Gasteiger charge is 2.25. The van der Waals surface area contributed by atoms with Gasteiger partial charge in [0.1, 0.15) is 5.60 Å². The van der Waals surface area contributed by atoms with Crippen LogP contribution in [0.2, 0.25) is 0 Å². The van der Waals surface area contributed by atoms with Crippen LogP contribution in [0.25, 0.3) is 0 Å². The molecule has 1 aliphatic rings. The molecular weight excluding hydrogens is 324 g/mol. The molecule has 5 nitrogen and oxygen atoms in total. The Bertz CT molecular complexity index is 529. The van der Waals surface area contributed by atoms with E-state index in [1.165, 1.54) is 4.88 Å². The first-order valence-electron chi connectivity index (χ1n) is 8.63. The van der Waals surface area contributed by atoms with Crippen molar-refractivity contribution < 1.29 is 14.3 Å². The number of alkyl carbamates (subject to hydrolysis) is 1. The fraction of sp³-hybridized carbons (Fsp3) is 0.667. The van der Waals surface area contributed by atoms with Crippen LogP contribution in [0.15, 0.2) is 17.5 Å². The normalized spacial score (nSPS) is 16.0. The van der Waals surface area contributed by atoms with E-state index < -0.39 is 5.60 Å². The van der Waals surface area contributed by atoms with Gasteiger partial charge in [0.05, 0.1) is 0 Å². The van der Waals surface area contributed by atoms with Gasteiger partial charge in [-0.2, -0.15) is 0 Å². The molecule has 1 aliphatic heterocycles. The van der Waals surface area contributed by atoms with E-state index in [0.29, 0.717) is 19.5 Å². The molecule has 0 aliphatic carbocycles. The predicted octanol–water partition coefficient (Wildman–Crippen LogP) is 3.59. The Morgan fingerprint density at radius 3 is 2.62 bits per heavy atom. The van der Waals surface area contributed by atoms with Gasteiger partial charge in [-0.05, 0) is 57.9 Å². The van der Waals surface area contributed by atoms with Crippen molar-refractivity contribution in [1.82, 2.24) is 10.2 Å². The lowest BCUT2D eigenvalue weighted by molar-refractivity contribution is -0.132. The summed E-state index contributed by atoms with van der Waals surface area (Å²) in [5.74, 6) is 0.224. The van der Waals surface area contributed by atoms with Crippen LogP contribution in [0, 0.1) is 0 Å². The number of carbonyl (C=O) groups is 2. The van der Waals surface area contributed by atoms with Gasteiger partial charge in [0.2, 0.25) is 5.91 Å². The third kappa shape index (κ3) is 6.51. The SMILES string of the molecule is CC(C)(C)OC(=O)NC1CCN(C(=O)CCCc2cccs2)CC1. The second-order valence-corrected chi connectivity index (χ2v) is 8.27. The van der Waals surface area contributed by atoms with Crippen molar-refractivity contribution in [3.63, 3.8) is 0 Å². The highest BCUT2D eigenvalue weighted by Crippen LogP contribution is 2.16. The summed E-state index contributed by atoms with van der Waals surface area (Å²) < 4.78 is 5.27. The standard InChI is InChI=1S/C18H28N2O3S/c1-18(2,3)23-17(22)19-14-9-11-20(12-10-14)16(21)8-4-6-15-7-5-13-24-15/h5,7,13-14H,4,6,8-12H2,1-3H3,(H,19,22). The summed E-state index contributed by atoms with van der Waals surface area (Å²) >= 11 is 1.74. The molecule has 0 unspecified atom stereocenters. The second-order valence-electron chi connectivity index (χ2n) is 7.23. The summed E-state index contributed by atoms with van der Waals surface area (Å²) in [6.07, 6.45) is 3.67. The Kier molecular flexibility index (Phi) is 6.66. The molecule has 1 saturated heterocycles. The number of thiophene rings is 1. The van der Waals surface area contributed by atoms with Crippen molar-refractivity contribution in [3.8, 4) is 0 Å². The molecule has 2 amide bonds. The van der Waals surface area contributed by atoms with Crippen LogP contribution in [0.1, 0.15) is 51.3 Å². The first-order valence-corrected chi connectivity index (χ1v) is 9.51. The molecule has 1 fully saturated rings. The van der Waals surface area contributed by atoms with Crippen LogP contribution >= 0.6 is 11.3 Å². The number of hydrogen-bond donors (Lipinski definition) is 1. The number of amides is 2. The van der Waals surface area contributed by atoms with Crippen molar-refractivity contribution in [3.05, 3.63) is 22.4 Å². The molecule has 134 valence electrons. The van der Waals surface area contributed by atoms with Crippen LogP contribution < -0.4 is 5.32 Å². The summed E-state index contributed by atoms with van der Waals surface area (Å²) in [6.45, 7) is 6.97. The molecule has 2 rings (SSSR count). The summed E-state index contributed by atoms with van der Waals surface area (Å²) in [5.41, 5.74) is -0.483. The Morgan fingerprint density at radius 1 is 1.33 bits per heavy atom. The van der Waals surface area contributed by atoms with Gasteiger partial charge in [-0.15, -0.1) is 11.3 Å². The minimum atomic E-state index is -0.483. The summed E-state index contributed by atoms with van der Waals surface area (Å²) in [5, 5.41) is 4.97. The number of carbonyl (C=O) groups excluding carboxylic acids is 2. The van der Waals surface area contributed by atoms with Crippen LogP contribution in [0.4, 0.5) is 4.79 Å². The zero-order chi connectivity index (χ0) is 17.6. The van der Waals surface area contributed by atoms with E-state index in [-0.39, 0.29) is 18.0 Å². The molecule has 0 saturated carbocycles. The molecule has 0 aromatic carbocycles. The molecular formula is C18H28N2O3S. The molecule has 24 heavy (non-hydrogen) atoms. The Hall–Kier alpha value is -1.56. The third-order valence-electron chi connectivity index (χ3n) is 3.96. The Morgan fingerprint density at radius 2 is 2.04 bits per heavy atom. The average Bonchev–Trinajstić information content (AvgIpc) is 2.99. The number of rotatable bonds is 5. The smallest absolute Gasteiger partial charge is 0.407 e. The molecule has 1 aromatic rings. The number of nitrogens with zero attached hydrogens (tertiary/aromatic N) is 1. The van der Waals surface area contributed by atoms with Crippen molar-refractivity contribution in [2.24, 2.45) is 0 Å². The highest BCUT2D eigenvalue weighted by molar-refractivity contribution is 7.09. The number of aryl methyl sites for hydroxylation is 1. The van der Waals surface area contributed by atoms with Gasteiger partial charge < -0.3 is 15.0 Å². The molecule has 0 radical (unpaired) electrons. The van der Waals surface area contributed by atoms with E-state index in [2.05, 4.69) is 16.8 Å². The van der Waals surface area contributed by atoms with Gasteiger partial charge in [-0.3, -0.25) is 4.79 Å². The average molecular weight is 352 g/mol. The van der Waals surface area contributed by atoms with Gasteiger partial charge in [0.25, 0.3) is 0 Å². The fourth-order valence-corrected chi connectivity index (χ4v) is 3.53. The van der Waals surface area contributed by atoms with Gasteiger partial charge in [-0.1, -0.05) is 6.07 Å². The molecule has 0 bridgehead atoms. The lowest BCUT2D eigenvalue weighted by Crippen LogP contribution is -2.47. The monoisotopic (exact) mass is 352 g/mol. The number of piperidine rings is 1. The maximum Gasteiger partial charge on any atom is 0.407 e. The van der Waals surface area contributed by atoms with Crippen molar-refractivity contribution in [1.29, 1.82) is 0 Å². The molecule has 2 heterocycles. The van der Waals surface area contributed by atoms with Crippen LogP contribution in [-0.2, 0) is 16.0 Å². The lowest BCUT2D eigenvalue weighted by Gasteiger charge is -2.33. The van der Waals surface area contributed by atoms with Crippen LogP contribution in [-0.4, -0.2) is 41.6 Å². The van der Waals surface area contributed by atoms with E-state index in [0.717, 1.165) is 25.7 Å². The second kappa shape index (κ2) is 8.51. The van der Waals surface area contributed by atoms with E-state index in [9.17, 15) is 9.59 Å².